The van der Waals surface area contributed by atoms with E-state index in [2.05, 4.69) is 13.8 Å². The minimum atomic E-state index is -0.416. The lowest BCUT2D eigenvalue weighted by Gasteiger charge is -2.17. The van der Waals surface area contributed by atoms with Gasteiger partial charge in [0, 0.05) is 0 Å². The molecule has 2 heteroatoms. The van der Waals surface area contributed by atoms with Gasteiger partial charge in [0.2, 0.25) is 0 Å². The second-order valence-electron chi connectivity index (χ2n) is 5.43. The van der Waals surface area contributed by atoms with Crippen LogP contribution in [-0.2, 0) is 0 Å². The summed E-state index contributed by atoms with van der Waals surface area (Å²) >= 11 is 0. The topological polar surface area (TPSA) is 29.5 Å². The van der Waals surface area contributed by atoms with Crippen molar-refractivity contribution in [3.8, 4) is 5.75 Å². The van der Waals surface area contributed by atoms with Gasteiger partial charge in [-0.15, -0.1) is 0 Å². The van der Waals surface area contributed by atoms with Crippen molar-refractivity contribution >= 4 is 0 Å². The van der Waals surface area contributed by atoms with Crippen molar-refractivity contribution in [2.75, 3.05) is 6.61 Å². The molecule has 2 nitrogen and oxygen atoms in total. The van der Waals surface area contributed by atoms with Crippen LogP contribution in [0.4, 0.5) is 0 Å². The number of rotatable bonds is 8. The van der Waals surface area contributed by atoms with Crippen molar-refractivity contribution in [3.63, 3.8) is 0 Å². The van der Waals surface area contributed by atoms with Gasteiger partial charge in [-0.25, -0.2) is 0 Å². The maximum atomic E-state index is 9.55. The van der Waals surface area contributed by atoms with Gasteiger partial charge in [-0.3, -0.25) is 0 Å². The molecule has 2 atom stereocenters. The van der Waals surface area contributed by atoms with E-state index in [4.69, 9.17) is 4.74 Å². The molecule has 0 aliphatic heterocycles. The Morgan fingerprint density at radius 2 is 2.00 bits per heavy atom. The van der Waals surface area contributed by atoms with E-state index in [1.807, 2.05) is 25.1 Å². The van der Waals surface area contributed by atoms with Crippen LogP contribution in [-0.4, -0.2) is 11.7 Å². The average molecular weight is 264 g/mol. The van der Waals surface area contributed by atoms with E-state index in [1.165, 1.54) is 25.7 Å². The van der Waals surface area contributed by atoms with Crippen molar-refractivity contribution in [2.24, 2.45) is 5.92 Å². The summed E-state index contributed by atoms with van der Waals surface area (Å²) in [5, 5.41) is 9.55. The van der Waals surface area contributed by atoms with Crippen molar-refractivity contribution < 1.29 is 9.84 Å². The Hall–Kier alpha value is -1.02. The third-order valence-electron chi connectivity index (χ3n) is 3.70. The Morgan fingerprint density at radius 3 is 2.53 bits per heavy atom. The number of benzene rings is 1. The van der Waals surface area contributed by atoms with Crippen LogP contribution in [0, 0.1) is 12.8 Å². The number of hydrogen-bond donors (Lipinski definition) is 1. The first kappa shape index (κ1) is 16.0. The Morgan fingerprint density at radius 1 is 1.26 bits per heavy atom. The molecule has 0 heterocycles. The van der Waals surface area contributed by atoms with Crippen LogP contribution >= 0.6 is 0 Å². The summed E-state index contributed by atoms with van der Waals surface area (Å²) in [5.74, 6) is 1.59. The maximum absolute atomic E-state index is 9.55. The summed E-state index contributed by atoms with van der Waals surface area (Å²) in [6.07, 6.45) is 4.53. The van der Waals surface area contributed by atoms with Gasteiger partial charge in [0.25, 0.3) is 0 Å². The normalized spacial score (nSPS) is 14.2. The van der Waals surface area contributed by atoms with E-state index in [0.717, 1.165) is 23.5 Å². The van der Waals surface area contributed by atoms with E-state index < -0.39 is 6.10 Å². The minimum absolute atomic E-state index is 0.416. The van der Waals surface area contributed by atoms with Crippen molar-refractivity contribution in [2.45, 2.75) is 59.5 Å². The van der Waals surface area contributed by atoms with Gasteiger partial charge in [-0.1, -0.05) is 39.2 Å². The molecule has 1 N–H and O–H groups in total. The first-order valence-electron chi connectivity index (χ1n) is 7.49. The summed E-state index contributed by atoms with van der Waals surface area (Å²) in [4.78, 5) is 0. The van der Waals surface area contributed by atoms with Gasteiger partial charge in [-0.2, -0.15) is 0 Å². The van der Waals surface area contributed by atoms with E-state index >= 15 is 0 Å². The van der Waals surface area contributed by atoms with Crippen LogP contribution < -0.4 is 4.74 Å². The van der Waals surface area contributed by atoms with Crippen LogP contribution in [0.1, 0.15) is 63.7 Å². The monoisotopic (exact) mass is 264 g/mol. The van der Waals surface area contributed by atoms with E-state index in [-0.39, 0.29) is 0 Å². The molecule has 0 fully saturated rings. The SMILES string of the molecule is CCCCC(CC)COc1ccc([C@H](C)O)cc1C. The molecule has 0 bridgehead atoms. The predicted octanol–water partition coefficient (Wildman–Crippen LogP) is 4.64. The molecule has 1 aromatic rings. The highest BCUT2D eigenvalue weighted by atomic mass is 16.5. The number of aryl methyl sites for hydroxylation is 1. The zero-order valence-corrected chi connectivity index (χ0v) is 12.8. The zero-order valence-electron chi connectivity index (χ0n) is 12.8. The smallest absolute Gasteiger partial charge is 0.122 e. The van der Waals surface area contributed by atoms with Crippen molar-refractivity contribution in [1.82, 2.24) is 0 Å². The molecular formula is C17H28O2. The summed E-state index contributed by atoms with van der Waals surface area (Å²) in [7, 11) is 0. The highest BCUT2D eigenvalue weighted by Gasteiger charge is 2.09. The van der Waals surface area contributed by atoms with Crippen molar-refractivity contribution in [3.05, 3.63) is 29.3 Å². The van der Waals surface area contributed by atoms with Gasteiger partial charge in [-0.05, 0) is 49.4 Å². The van der Waals surface area contributed by atoms with Crippen molar-refractivity contribution in [1.29, 1.82) is 0 Å². The molecule has 1 unspecified atom stereocenters. The maximum Gasteiger partial charge on any atom is 0.122 e. The fourth-order valence-corrected chi connectivity index (χ4v) is 2.20. The van der Waals surface area contributed by atoms with Crippen LogP contribution in [0.5, 0.6) is 5.75 Å². The largest absolute Gasteiger partial charge is 0.493 e. The van der Waals surface area contributed by atoms with Gasteiger partial charge in [0.05, 0.1) is 12.7 Å². The van der Waals surface area contributed by atoms with E-state index in [0.29, 0.717) is 5.92 Å². The molecule has 0 saturated heterocycles. The molecule has 0 aromatic heterocycles. The summed E-state index contributed by atoms with van der Waals surface area (Å²) in [6.45, 7) is 9.08. The molecule has 0 aliphatic carbocycles. The first-order chi connectivity index (χ1) is 9.08. The second-order valence-corrected chi connectivity index (χ2v) is 5.43. The number of unbranched alkanes of at least 4 members (excludes halogenated alkanes) is 1. The molecule has 0 amide bonds. The minimum Gasteiger partial charge on any atom is -0.493 e. The third-order valence-corrected chi connectivity index (χ3v) is 3.70. The highest BCUT2D eigenvalue weighted by molar-refractivity contribution is 5.36. The number of aliphatic hydroxyl groups is 1. The van der Waals surface area contributed by atoms with E-state index in [9.17, 15) is 5.11 Å². The first-order valence-corrected chi connectivity index (χ1v) is 7.49. The molecular weight excluding hydrogens is 236 g/mol. The molecule has 0 saturated carbocycles. The molecule has 0 aliphatic rings. The quantitative estimate of drug-likeness (QED) is 0.741. The zero-order chi connectivity index (χ0) is 14.3. The number of hydrogen-bond acceptors (Lipinski definition) is 2. The lowest BCUT2D eigenvalue weighted by molar-refractivity contribution is 0.198. The third kappa shape index (κ3) is 5.23. The average Bonchev–Trinajstić information content (AvgIpc) is 2.40. The lowest BCUT2D eigenvalue weighted by Crippen LogP contribution is -2.12. The molecule has 19 heavy (non-hydrogen) atoms. The summed E-state index contributed by atoms with van der Waals surface area (Å²) in [6, 6.07) is 5.93. The Bertz CT molecular complexity index is 372. The Balaban J connectivity index is 2.57. The lowest BCUT2D eigenvalue weighted by atomic mass is 10.0. The van der Waals surface area contributed by atoms with Crippen LogP contribution in [0.15, 0.2) is 18.2 Å². The number of ether oxygens (including phenoxy) is 1. The molecule has 1 rings (SSSR count). The van der Waals surface area contributed by atoms with Crippen LogP contribution in [0.2, 0.25) is 0 Å². The molecule has 0 radical (unpaired) electrons. The Labute approximate surface area is 117 Å². The van der Waals surface area contributed by atoms with Crippen LogP contribution in [0.3, 0.4) is 0 Å². The second kappa shape index (κ2) is 8.21. The van der Waals surface area contributed by atoms with E-state index in [1.54, 1.807) is 6.92 Å². The Kier molecular flexibility index (Phi) is 6.93. The summed E-state index contributed by atoms with van der Waals surface area (Å²) in [5.41, 5.74) is 2.05. The summed E-state index contributed by atoms with van der Waals surface area (Å²) < 4.78 is 5.94. The van der Waals surface area contributed by atoms with Gasteiger partial charge >= 0.3 is 0 Å². The standard InChI is InChI=1S/C17H28O2/c1-5-7-8-15(6-2)12-19-17-10-9-16(14(4)18)11-13(17)3/h9-11,14-15,18H,5-8,12H2,1-4H3/t14-,15?/m0/s1. The van der Waals surface area contributed by atoms with Gasteiger partial charge in [0.1, 0.15) is 5.75 Å². The fraction of sp³-hybridized carbons (Fsp3) is 0.647. The molecule has 108 valence electrons. The molecule has 0 spiro atoms. The van der Waals surface area contributed by atoms with Gasteiger partial charge in [0.15, 0.2) is 0 Å². The highest BCUT2D eigenvalue weighted by Crippen LogP contribution is 2.24. The van der Waals surface area contributed by atoms with Gasteiger partial charge < -0.3 is 9.84 Å². The predicted molar refractivity (Wildman–Crippen MR) is 80.6 cm³/mol. The van der Waals surface area contributed by atoms with Crippen LogP contribution in [0.25, 0.3) is 0 Å². The molecule has 1 aromatic carbocycles. The number of aliphatic hydroxyl groups excluding tert-OH is 1. The fourth-order valence-electron chi connectivity index (χ4n) is 2.20.